The molecule has 2 aromatic carbocycles. The van der Waals surface area contributed by atoms with E-state index in [9.17, 15) is 18.8 Å². The molecule has 9 nitrogen and oxygen atoms in total. The molecular formula is C21H19FN4O5S. The Morgan fingerprint density at radius 2 is 1.84 bits per heavy atom. The number of imide groups is 1. The topological polar surface area (TPSA) is 135 Å². The predicted molar refractivity (Wildman–Crippen MR) is 119 cm³/mol. The first-order valence-corrected chi connectivity index (χ1v) is 10.2. The number of aromatic carboxylic acids is 1. The van der Waals surface area contributed by atoms with Gasteiger partial charge in [-0.3, -0.25) is 9.59 Å². The number of carboxylic acids is 1. The highest BCUT2D eigenvalue weighted by atomic mass is 32.2. The van der Waals surface area contributed by atoms with Crippen molar-refractivity contribution in [2.75, 3.05) is 12.0 Å². The summed E-state index contributed by atoms with van der Waals surface area (Å²) in [4.78, 5) is 37.0. The lowest BCUT2D eigenvalue weighted by molar-refractivity contribution is -0.121. The summed E-state index contributed by atoms with van der Waals surface area (Å²) >= 11 is 0.892. The monoisotopic (exact) mass is 458 g/mol. The SMILES string of the molecule is COc1ccc(C(C)=NN=C(N)SC2CC(=O)N(c3ccc(C(=O)O)cc3)C2=O)cc1F. The van der Waals surface area contributed by atoms with Crippen molar-refractivity contribution in [2.24, 2.45) is 15.9 Å². The molecule has 1 atom stereocenters. The average Bonchev–Trinajstić information content (AvgIpc) is 3.04. The fourth-order valence-electron chi connectivity index (χ4n) is 2.96. The maximum absolute atomic E-state index is 13.9. The van der Waals surface area contributed by atoms with Crippen molar-refractivity contribution in [2.45, 2.75) is 18.6 Å². The van der Waals surface area contributed by atoms with Crippen LogP contribution in [0.2, 0.25) is 0 Å². The Kier molecular flexibility index (Phi) is 6.89. The van der Waals surface area contributed by atoms with Crippen molar-refractivity contribution in [3.63, 3.8) is 0 Å². The molecule has 1 aliphatic rings. The van der Waals surface area contributed by atoms with Crippen LogP contribution in [0.4, 0.5) is 10.1 Å². The average molecular weight is 458 g/mol. The first kappa shape index (κ1) is 22.9. The molecule has 0 bridgehead atoms. The molecule has 11 heteroatoms. The zero-order valence-corrected chi connectivity index (χ0v) is 17.9. The van der Waals surface area contributed by atoms with Gasteiger partial charge in [-0.25, -0.2) is 14.1 Å². The van der Waals surface area contributed by atoms with Gasteiger partial charge in [-0.2, -0.15) is 5.10 Å². The summed E-state index contributed by atoms with van der Waals surface area (Å²) in [5.41, 5.74) is 7.06. The fourth-order valence-corrected chi connectivity index (χ4v) is 3.77. The third-order valence-corrected chi connectivity index (χ3v) is 5.58. The van der Waals surface area contributed by atoms with E-state index in [2.05, 4.69) is 10.2 Å². The van der Waals surface area contributed by atoms with Crippen molar-refractivity contribution in [3.05, 3.63) is 59.4 Å². The molecule has 0 saturated carbocycles. The van der Waals surface area contributed by atoms with Gasteiger partial charge in [-0.15, -0.1) is 5.10 Å². The number of ether oxygens (including phenoxy) is 1. The number of benzene rings is 2. The maximum atomic E-state index is 13.9. The Bertz CT molecular complexity index is 1130. The number of nitrogens with zero attached hydrogens (tertiary/aromatic N) is 3. The molecule has 2 aromatic rings. The number of carbonyl (C=O) groups is 3. The number of hydrogen-bond donors (Lipinski definition) is 2. The molecule has 1 fully saturated rings. The van der Waals surface area contributed by atoms with Gasteiger partial charge >= 0.3 is 5.97 Å². The number of amidine groups is 1. The molecule has 1 aliphatic heterocycles. The number of thioether (sulfide) groups is 1. The molecule has 0 radical (unpaired) electrons. The summed E-state index contributed by atoms with van der Waals surface area (Å²) in [7, 11) is 1.36. The molecule has 2 amide bonds. The molecule has 1 unspecified atom stereocenters. The van der Waals surface area contributed by atoms with E-state index in [1.54, 1.807) is 13.0 Å². The van der Waals surface area contributed by atoms with Gasteiger partial charge in [0.2, 0.25) is 11.8 Å². The molecule has 3 rings (SSSR count). The summed E-state index contributed by atoms with van der Waals surface area (Å²) in [6, 6.07) is 9.75. The van der Waals surface area contributed by atoms with Crippen LogP contribution in [0, 0.1) is 5.82 Å². The van der Waals surface area contributed by atoms with Crippen molar-refractivity contribution in [1.29, 1.82) is 0 Å². The Morgan fingerprint density at radius 3 is 2.44 bits per heavy atom. The van der Waals surface area contributed by atoms with E-state index in [-0.39, 0.29) is 28.6 Å². The van der Waals surface area contributed by atoms with E-state index in [1.165, 1.54) is 43.5 Å². The lowest BCUT2D eigenvalue weighted by Crippen LogP contribution is -2.31. The second-order valence-electron chi connectivity index (χ2n) is 6.70. The molecule has 0 aromatic heterocycles. The van der Waals surface area contributed by atoms with Gasteiger partial charge in [0, 0.05) is 12.0 Å². The number of hydrogen-bond acceptors (Lipinski definition) is 7. The molecule has 3 N–H and O–H groups in total. The summed E-state index contributed by atoms with van der Waals surface area (Å²) in [6.45, 7) is 1.62. The first-order valence-electron chi connectivity index (χ1n) is 9.29. The van der Waals surface area contributed by atoms with E-state index in [4.69, 9.17) is 15.6 Å². The van der Waals surface area contributed by atoms with Crippen LogP contribution in [-0.2, 0) is 9.59 Å². The van der Waals surface area contributed by atoms with E-state index in [0.717, 1.165) is 16.7 Å². The number of rotatable bonds is 6. The molecule has 1 heterocycles. The van der Waals surface area contributed by atoms with Gasteiger partial charge in [0.1, 0.15) is 5.25 Å². The maximum Gasteiger partial charge on any atom is 0.335 e. The molecule has 32 heavy (non-hydrogen) atoms. The Balaban J connectivity index is 1.70. The highest BCUT2D eigenvalue weighted by molar-refractivity contribution is 8.14. The van der Waals surface area contributed by atoms with Crippen LogP contribution in [0.1, 0.15) is 29.3 Å². The minimum Gasteiger partial charge on any atom is -0.494 e. The zero-order valence-electron chi connectivity index (χ0n) is 17.1. The Hall–Kier alpha value is -3.73. The Morgan fingerprint density at radius 1 is 1.19 bits per heavy atom. The van der Waals surface area contributed by atoms with Crippen molar-refractivity contribution in [3.8, 4) is 5.75 Å². The number of nitrogens with two attached hydrogens (primary N) is 1. The summed E-state index contributed by atoms with van der Waals surface area (Å²) in [5.74, 6) is -2.47. The number of methoxy groups -OCH3 is 1. The molecule has 166 valence electrons. The summed E-state index contributed by atoms with van der Waals surface area (Å²) < 4.78 is 18.7. The van der Waals surface area contributed by atoms with Crippen LogP contribution in [0.3, 0.4) is 0 Å². The van der Waals surface area contributed by atoms with Crippen LogP contribution in [0.5, 0.6) is 5.75 Å². The number of amides is 2. The van der Waals surface area contributed by atoms with Gasteiger partial charge in [-0.05, 0) is 49.4 Å². The highest BCUT2D eigenvalue weighted by Crippen LogP contribution is 2.30. The Labute approximate surface area is 186 Å². The van der Waals surface area contributed by atoms with E-state index in [1.807, 2.05) is 0 Å². The lowest BCUT2D eigenvalue weighted by Gasteiger charge is -2.14. The van der Waals surface area contributed by atoms with Crippen LogP contribution >= 0.6 is 11.8 Å². The van der Waals surface area contributed by atoms with Crippen LogP contribution in [0.15, 0.2) is 52.7 Å². The third-order valence-electron chi connectivity index (χ3n) is 4.61. The van der Waals surface area contributed by atoms with Gasteiger partial charge in [0.15, 0.2) is 16.7 Å². The van der Waals surface area contributed by atoms with Crippen LogP contribution in [0.25, 0.3) is 0 Å². The van der Waals surface area contributed by atoms with E-state index < -0.39 is 28.9 Å². The third kappa shape index (κ3) is 4.94. The number of carbonyl (C=O) groups excluding carboxylic acids is 2. The van der Waals surface area contributed by atoms with Gasteiger partial charge in [0.25, 0.3) is 0 Å². The highest BCUT2D eigenvalue weighted by Gasteiger charge is 2.40. The lowest BCUT2D eigenvalue weighted by atomic mass is 10.1. The number of anilines is 1. The largest absolute Gasteiger partial charge is 0.494 e. The molecule has 1 saturated heterocycles. The predicted octanol–water partition coefficient (Wildman–Crippen LogP) is 2.64. The van der Waals surface area contributed by atoms with Gasteiger partial charge < -0.3 is 15.6 Å². The van der Waals surface area contributed by atoms with Crippen LogP contribution < -0.4 is 15.4 Å². The summed E-state index contributed by atoms with van der Waals surface area (Å²) in [6.07, 6.45) is -0.0905. The minimum absolute atomic E-state index is 0.0347. The second kappa shape index (κ2) is 9.60. The quantitative estimate of drug-likeness (QED) is 0.294. The molecular weight excluding hydrogens is 439 g/mol. The van der Waals surface area contributed by atoms with Crippen molar-refractivity contribution >= 4 is 46.1 Å². The fraction of sp³-hybridized carbons (Fsp3) is 0.190. The number of carboxylic acid groups (broad SMARTS) is 1. The second-order valence-corrected chi connectivity index (χ2v) is 7.93. The van der Waals surface area contributed by atoms with Crippen molar-refractivity contribution in [1.82, 2.24) is 0 Å². The summed E-state index contributed by atoms with van der Waals surface area (Å²) in [5, 5.41) is 16.0. The minimum atomic E-state index is -1.11. The van der Waals surface area contributed by atoms with E-state index in [0.29, 0.717) is 11.3 Å². The smallest absolute Gasteiger partial charge is 0.335 e. The first-order chi connectivity index (χ1) is 15.2. The molecule has 0 spiro atoms. The molecule has 0 aliphatic carbocycles. The zero-order chi connectivity index (χ0) is 23.4. The van der Waals surface area contributed by atoms with Crippen LogP contribution in [-0.4, -0.2) is 46.1 Å². The van der Waals surface area contributed by atoms with Gasteiger partial charge in [0.05, 0.1) is 24.1 Å². The normalized spacial score (nSPS) is 17.1. The van der Waals surface area contributed by atoms with E-state index >= 15 is 0 Å². The van der Waals surface area contributed by atoms with Gasteiger partial charge in [-0.1, -0.05) is 11.8 Å². The van der Waals surface area contributed by atoms with Crippen molar-refractivity contribution < 1.29 is 28.6 Å². The standard InChI is InChI=1S/C21H19FN4O5S/c1-11(13-5-8-16(31-2)15(22)9-13)24-25-21(23)32-17-10-18(27)26(19(17)28)14-6-3-12(4-7-14)20(29)30/h3-9,17H,10H2,1-2H3,(H2,23,25)(H,29,30). The number of halogens is 1.